The first-order valence-electron chi connectivity index (χ1n) is 7.54. The summed E-state index contributed by atoms with van der Waals surface area (Å²) in [5, 5.41) is 4.41. The molecule has 0 saturated carbocycles. The van der Waals surface area contributed by atoms with Gasteiger partial charge in [-0.1, -0.05) is 35.3 Å². The number of nitrogens with zero attached hydrogens (tertiary/aromatic N) is 1. The Bertz CT molecular complexity index is 745. The average Bonchev–Trinajstić information content (AvgIpc) is 2.99. The second kappa shape index (κ2) is 7.37. The molecule has 1 saturated heterocycles. The van der Waals surface area contributed by atoms with E-state index >= 15 is 0 Å². The Kier molecular flexibility index (Phi) is 5.42. The third-order valence-electron chi connectivity index (χ3n) is 4.01. The molecule has 1 fully saturated rings. The first-order chi connectivity index (χ1) is 11.5. The molecule has 1 aliphatic rings. The smallest absolute Gasteiger partial charge is 0.246 e. The van der Waals surface area contributed by atoms with Crippen molar-refractivity contribution < 1.29 is 9.53 Å². The van der Waals surface area contributed by atoms with Gasteiger partial charge in [-0.2, -0.15) is 0 Å². The highest BCUT2D eigenvalue weighted by Gasteiger charge is 2.36. The molecular weight excluding hydrogens is 369 g/mol. The highest BCUT2D eigenvalue weighted by Crippen LogP contribution is 2.30. The Morgan fingerprint density at radius 3 is 2.88 bits per heavy atom. The molecule has 0 bridgehead atoms. The van der Waals surface area contributed by atoms with E-state index in [0.29, 0.717) is 47.7 Å². The van der Waals surface area contributed by atoms with Crippen LogP contribution in [0.5, 0.6) is 0 Å². The van der Waals surface area contributed by atoms with Crippen molar-refractivity contribution in [3.63, 3.8) is 0 Å². The van der Waals surface area contributed by atoms with Crippen LogP contribution in [0, 0.1) is 0 Å². The number of rotatable bonds is 4. The van der Waals surface area contributed by atoms with Crippen molar-refractivity contribution in [2.45, 2.75) is 24.8 Å². The summed E-state index contributed by atoms with van der Waals surface area (Å²) in [6.45, 7) is 1.00. The predicted octanol–water partition coefficient (Wildman–Crippen LogP) is 3.49. The summed E-state index contributed by atoms with van der Waals surface area (Å²) in [5.41, 5.74) is 6.20. The van der Waals surface area contributed by atoms with Crippen LogP contribution in [0.1, 0.15) is 23.3 Å². The molecule has 0 spiro atoms. The summed E-state index contributed by atoms with van der Waals surface area (Å²) in [6.07, 6.45) is 3.35. The van der Waals surface area contributed by atoms with E-state index in [1.807, 2.05) is 12.1 Å². The maximum atomic E-state index is 12.4. The molecular formula is C16H17Cl2N3O2S. The molecule has 2 aromatic rings. The molecule has 24 heavy (non-hydrogen) atoms. The van der Waals surface area contributed by atoms with Crippen LogP contribution in [-0.2, 0) is 16.0 Å². The molecule has 1 aliphatic heterocycles. The van der Waals surface area contributed by atoms with E-state index < -0.39 is 5.54 Å². The highest BCUT2D eigenvalue weighted by atomic mass is 35.5. The minimum atomic E-state index is -0.889. The highest BCUT2D eigenvalue weighted by molar-refractivity contribution is 7.15. The number of benzene rings is 1. The first kappa shape index (κ1) is 17.6. The van der Waals surface area contributed by atoms with Crippen LogP contribution in [0.4, 0.5) is 5.13 Å². The Balaban J connectivity index is 1.67. The molecule has 0 radical (unpaired) electrons. The fourth-order valence-corrected chi connectivity index (χ4v) is 3.72. The predicted molar refractivity (Wildman–Crippen MR) is 97.0 cm³/mol. The lowest BCUT2D eigenvalue weighted by Crippen LogP contribution is -2.54. The van der Waals surface area contributed by atoms with Crippen LogP contribution >= 0.6 is 34.5 Å². The summed E-state index contributed by atoms with van der Waals surface area (Å²) in [5.74, 6) is -0.215. The minimum absolute atomic E-state index is 0.215. The third-order valence-corrected chi connectivity index (χ3v) is 5.78. The molecule has 3 rings (SSSR count). The van der Waals surface area contributed by atoms with Crippen molar-refractivity contribution in [2.75, 3.05) is 18.5 Å². The summed E-state index contributed by atoms with van der Waals surface area (Å²) in [4.78, 5) is 17.6. The fraction of sp³-hybridized carbons (Fsp3) is 0.375. The summed E-state index contributed by atoms with van der Waals surface area (Å²) in [7, 11) is 0. The van der Waals surface area contributed by atoms with E-state index in [0.717, 1.165) is 10.4 Å². The van der Waals surface area contributed by atoms with Crippen LogP contribution in [0.3, 0.4) is 0 Å². The Hall–Kier alpha value is -1.18. The number of amides is 1. The van der Waals surface area contributed by atoms with Gasteiger partial charge in [-0.3, -0.25) is 4.79 Å². The van der Waals surface area contributed by atoms with Crippen LogP contribution in [-0.4, -0.2) is 29.6 Å². The third kappa shape index (κ3) is 3.90. The lowest BCUT2D eigenvalue weighted by molar-refractivity contribution is -0.124. The van der Waals surface area contributed by atoms with Gasteiger partial charge >= 0.3 is 0 Å². The molecule has 1 aromatic carbocycles. The number of thiazole rings is 1. The van der Waals surface area contributed by atoms with Crippen LogP contribution < -0.4 is 11.1 Å². The topological polar surface area (TPSA) is 77.2 Å². The van der Waals surface area contributed by atoms with Gasteiger partial charge in [0.15, 0.2) is 5.13 Å². The average molecular weight is 386 g/mol. The van der Waals surface area contributed by atoms with Crippen LogP contribution in [0.25, 0.3) is 0 Å². The van der Waals surface area contributed by atoms with E-state index in [-0.39, 0.29) is 5.91 Å². The Labute approximate surface area is 154 Å². The van der Waals surface area contributed by atoms with Crippen molar-refractivity contribution >= 4 is 45.6 Å². The summed E-state index contributed by atoms with van der Waals surface area (Å²) >= 11 is 13.6. The normalized spacial score (nSPS) is 16.8. The molecule has 0 unspecified atom stereocenters. The van der Waals surface area contributed by atoms with E-state index in [2.05, 4.69) is 10.3 Å². The fourth-order valence-electron chi connectivity index (χ4n) is 2.50. The van der Waals surface area contributed by atoms with Crippen molar-refractivity contribution in [2.24, 2.45) is 5.73 Å². The van der Waals surface area contributed by atoms with Gasteiger partial charge in [-0.15, -0.1) is 11.3 Å². The van der Waals surface area contributed by atoms with Crippen molar-refractivity contribution in [3.8, 4) is 0 Å². The standard InChI is InChI=1S/C16H17Cl2N3O2S/c17-12-3-1-2-10(13(12)18)8-11-9-20-15(24-11)21-14(22)16(19)4-6-23-7-5-16/h1-3,9H,4-8,19H2,(H,20,21,22). The number of carbonyl (C=O) groups excluding carboxylic acids is 1. The summed E-state index contributed by atoms with van der Waals surface area (Å²) < 4.78 is 5.26. The van der Waals surface area contributed by atoms with Gasteiger partial charge in [0, 0.05) is 30.7 Å². The molecule has 5 nitrogen and oxygen atoms in total. The molecule has 128 valence electrons. The Morgan fingerprint density at radius 1 is 1.38 bits per heavy atom. The number of nitrogens with one attached hydrogen (secondary N) is 1. The van der Waals surface area contributed by atoms with E-state index in [1.165, 1.54) is 11.3 Å². The maximum Gasteiger partial charge on any atom is 0.246 e. The molecule has 8 heteroatoms. The number of ether oxygens (including phenoxy) is 1. The van der Waals surface area contributed by atoms with E-state index in [1.54, 1.807) is 12.3 Å². The quantitative estimate of drug-likeness (QED) is 0.844. The van der Waals surface area contributed by atoms with Gasteiger partial charge in [0.1, 0.15) is 5.54 Å². The van der Waals surface area contributed by atoms with Gasteiger partial charge in [0.25, 0.3) is 0 Å². The molecule has 3 N–H and O–H groups in total. The Morgan fingerprint density at radius 2 is 2.12 bits per heavy atom. The molecule has 0 atom stereocenters. The second-order valence-electron chi connectivity index (χ2n) is 5.74. The zero-order valence-electron chi connectivity index (χ0n) is 12.9. The molecule has 0 aliphatic carbocycles. The number of halogens is 2. The van der Waals surface area contributed by atoms with Gasteiger partial charge < -0.3 is 15.8 Å². The molecule has 2 heterocycles. The number of aromatic nitrogens is 1. The SMILES string of the molecule is NC1(C(=O)Nc2ncc(Cc3cccc(Cl)c3Cl)s2)CCOCC1. The minimum Gasteiger partial charge on any atom is -0.381 e. The number of hydrogen-bond donors (Lipinski definition) is 2. The van der Waals surface area contributed by atoms with Crippen LogP contribution in [0.2, 0.25) is 10.0 Å². The number of nitrogens with two attached hydrogens (primary N) is 1. The van der Waals surface area contributed by atoms with Crippen molar-refractivity contribution in [1.82, 2.24) is 4.98 Å². The van der Waals surface area contributed by atoms with E-state index in [4.69, 9.17) is 33.7 Å². The first-order valence-corrected chi connectivity index (χ1v) is 9.11. The molecule has 1 aromatic heterocycles. The largest absolute Gasteiger partial charge is 0.381 e. The van der Waals surface area contributed by atoms with Gasteiger partial charge in [0.2, 0.25) is 5.91 Å². The zero-order chi connectivity index (χ0) is 17.2. The van der Waals surface area contributed by atoms with Crippen molar-refractivity contribution in [3.05, 3.63) is 44.9 Å². The van der Waals surface area contributed by atoms with E-state index in [9.17, 15) is 4.79 Å². The number of anilines is 1. The van der Waals surface area contributed by atoms with Crippen LogP contribution in [0.15, 0.2) is 24.4 Å². The maximum absolute atomic E-state index is 12.4. The molecule has 1 amide bonds. The number of hydrogen-bond acceptors (Lipinski definition) is 5. The number of carbonyl (C=O) groups is 1. The second-order valence-corrected chi connectivity index (χ2v) is 7.64. The van der Waals surface area contributed by atoms with Gasteiger partial charge in [-0.25, -0.2) is 4.98 Å². The summed E-state index contributed by atoms with van der Waals surface area (Å²) in [6, 6.07) is 5.53. The lowest BCUT2D eigenvalue weighted by atomic mass is 9.90. The van der Waals surface area contributed by atoms with Crippen molar-refractivity contribution in [1.29, 1.82) is 0 Å². The van der Waals surface area contributed by atoms with Gasteiger partial charge in [-0.05, 0) is 24.5 Å². The zero-order valence-corrected chi connectivity index (χ0v) is 15.2. The van der Waals surface area contributed by atoms with Gasteiger partial charge in [0.05, 0.1) is 10.0 Å². The lowest BCUT2D eigenvalue weighted by Gasteiger charge is -2.31. The monoisotopic (exact) mass is 385 g/mol.